The average molecular weight is 566 g/mol. The zero-order valence-corrected chi connectivity index (χ0v) is 25.3. The summed E-state index contributed by atoms with van der Waals surface area (Å²) in [6, 6.07) is 10.4. The lowest BCUT2D eigenvalue weighted by molar-refractivity contribution is 0.413. The molecule has 5 aromatic rings. The van der Waals surface area contributed by atoms with Gasteiger partial charge < -0.3 is 30.2 Å². The third kappa shape index (κ3) is 5.02. The lowest BCUT2D eigenvalue weighted by Gasteiger charge is -2.24. The van der Waals surface area contributed by atoms with Gasteiger partial charge in [0.2, 0.25) is 5.95 Å². The standard InChI is InChI=1S/C32H39N9O/c1-20-24(18-40(5)37-20)23-17-34-32(35-27-15-26(33)28(16-29(27)42-6)39(4)14-13-38(2)3)36-30(23)25-19-41-12-8-10-21-9-7-11-22(25)31(21)41/h7,9,11,15-19H,8,10,12-14,33H2,1-6H3,(H,34,35,36). The Morgan fingerprint density at radius 3 is 2.64 bits per heavy atom. The van der Waals surface area contributed by atoms with E-state index in [0.717, 1.165) is 66.2 Å². The van der Waals surface area contributed by atoms with Crippen LogP contribution in [0.25, 0.3) is 33.3 Å². The monoisotopic (exact) mass is 565 g/mol. The smallest absolute Gasteiger partial charge is 0.227 e. The Kier molecular flexibility index (Phi) is 7.24. The fourth-order valence-corrected chi connectivity index (χ4v) is 5.93. The number of nitrogen functional groups attached to an aromatic ring is 1. The molecule has 0 spiro atoms. The molecule has 0 saturated carbocycles. The first kappa shape index (κ1) is 27.6. The number of ether oxygens (including phenoxy) is 1. The molecule has 218 valence electrons. The number of nitrogens with zero attached hydrogens (tertiary/aromatic N) is 7. The number of para-hydroxylation sites is 1. The zero-order valence-electron chi connectivity index (χ0n) is 25.3. The molecule has 3 aromatic heterocycles. The number of benzene rings is 2. The molecule has 10 heteroatoms. The molecule has 0 saturated heterocycles. The number of rotatable bonds is 9. The predicted molar refractivity (Wildman–Crippen MR) is 171 cm³/mol. The van der Waals surface area contributed by atoms with E-state index in [2.05, 4.69) is 63.3 Å². The molecule has 42 heavy (non-hydrogen) atoms. The molecule has 2 aromatic carbocycles. The minimum Gasteiger partial charge on any atom is -0.494 e. The summed E-state index contributed by atoms with van der Waals surface area (Å²) in [4.78, 5) is 14.2. The van der Waals surface area contributed by atoms with Gasteiger partial charge >= 0.3 is 0 Å². The van der Waals surface area contributed by atoms with Crippen LogP contribution in [0.15, 0.2) is 48.9 Å². The zero-order chi connectivity index (χ0) is 29.5. The Labute approximate surface area is 246 Å². The summed E-state index contributed by atoms with van der Waals surface area (Å²) in [6.45, 7) is 4.77. The van der Waals surface area contributed by atoms with Crippen LogP contribution in [-0.4, -0.2) is 70.6 Å². The minimum atomic E-state index is 0.466. The van der Waals surface area contributed by atoms with Gasteiger partial charge in [-0.2, -0.15) is 5.10 Å². The third-order valence-corrected chi connectivity index (χ3v) is 8.06. The van der Waals surface area contributed by atoms with Crippen molar-refractivity contribution in [2.24, 2.45) is 7.05 Å². The maximum absolute atomic E-state index is 6.54. The van der Waals surface area contributed by atoms with Crippen LogP contribution in [0, 0.1) is 6.92 Å². The van der Waals surface area contributed by atoms with E-state index in [0.29, 0.717) is 23.1 Å². The van der Waals surface area contributed by atoms with E-state index in [1.54, 1.807) is 7.11 Å². The number of aryl methyl sites for hydroxylation is 4. The molecule has 1 aliphatic heterocycles. The maximum Gasteiger partial charge on any atom is 0.227 e. The van der Waals surface area contributed by atoms with Crippen molar-refractivity contribution in [2.75, 3.05) is 57.3 Å². The first-order valence-electron chi connectivity index (χ1n) is 14.3. The lowest BCUT2D eigenvalue weighted by Crippen LogP contribution is -2.29. The molecule has 0 amide bonds. The van der Waals surface area contributed by atoms with Crippen LogP contribution in [0.3, 0.4) is 0 Å². The van der Waals surface area contributed by atoms with Gasteiger partial charge in [0.25, 0.3) is 0 Å². The number of nitrogens with two attached hydrogens (primary N) is 1. The van der Waals surface area contributed by atoms with Gasteiger partial charge in [0.1, 0.15) is 5.75 Å². The quantitative estimate of drug-likeness (QED) is 0.239. The fraction of sp³-hybridized carbons (Fsp3) is 0.344. The Balaban J connectivity index is 1.44. The van der Waals surface area contributed by atoms with Crippen LogP contribution in [0.2, 0.25) is 0 Å². The fourth-order valence-electron chi connectivity index (χ4n) is 5.93. The van der Waals surface area contributed by atoms with Gasteiger partial charge in [-0.15, -0.1) is 0 Å². The van der Waals surface area contributed by atoms with Crippen molar-refractivity contribution in [3.63, 3.8) is 0 Å². The van der Waals surface area contributed by atoms with Gasteiger partial charge in [0.05, 0.1) is 41.1 Å². The lowest BCUT2D eigenvalue weighted by atomic mass is 9.98. The number of methoxy groups -OCH3 is 1. The van der Waals surface area contributed by atoms with Crippen molar-refractivity contribution in [3.05, 3.63) is 60.2 Å². The SMILES string of the molecule is COc1cc(N(C)CCN(C)C)c(N)cc1Nc1ncc(-c2cn(C)nc2C)c(-c2cn3c4c(cccc24)CCC3)n1. The molecule has 0 bridgehead atoms. The van der Waals surface area contributed by atoms with E-state index in [1.165, 1.54) is 16.5 Å². The number of hydrogen-bond donors (Lipinski definition) is 2. The highest BCUT2D eigenvalue weighted by Crippen LogP contribution is 2.41. The third-order valence-electron chi connectivity index (χ3n) is 8.06. The van der Waals surface area contributed by atoms with Gasteiger partial charge in [-0.25, -0.2) is 9.97 Å². The number of anilines is 4. The molecular formula is C32H39N9O. The Hall–Kier alpha value is -4.57. The van der Waals surface area contributed by atoms with Crippen molar-refractivity contribution >= 4 is 33.9 Å². The molecule has 3 N–H and O–H groups in total. The molecule has 0 aliphatic carbocycles. The topological polar surface area (TPSA) is 102 Å². The second kappa shape index (κ2) is 11.0. The Morgan fingerprint density at radius 1 is 1.07 bits per heavy atom. The second-order valence-electron chi connectivity index (χ2n) is 11.4. The van der Waals surface area contributed by atoms with Crippen LogP contribution in [0.5, 0.6) is 5.75 Å². The van der Waals surface area contributed by atoms with E-state index >= 15 is 0 Å². The van der Waals surface area contributed by atoms with Gasteiger partial charge in [-0.05, 0) is 45.5 Å². The summed E-state index contributed by atoms with van der Waals surface area (Å²) in [7, 11) is 9.75. The molecular weight excluding hydrogens is 526 g/mol. The van der Waals surface area contributed by atoms with Crippen molar-refractivity contribution in [3.8, 4) is 28.1 Å². The highest BCUT2D eigenvalue weighted by molar-refractivity contribution is 6.00. The van der Waals surface area contributed by atoms with E-state index < -0.39 is 0 Å². The van der Waals surface area contributed by atoms with Crippen molar-refractivity contribution in [2.45, 2.75) is 26.3 Å². The van der Waals surface area contributed by atoms with Crippen LogP contribution < -0.4 is 20.7 Å². The molecule has 0 unspecified atom stereocenters. The highest BCUT2D eigenvalue weighted by Gasteiger charge is 2.23. The van der Waals surface area contributed by atoms with Crippen LogP contribution in [0.4, 0.5) is 23.0 Å². The number of aromatic nitrogens is 5. The normalized spacial score (nSPS) is 12.7. The maximum atomic E-state index is 6.54. The van der Waals surface area contributed by atoms with E-state index in [4.69, 9.17) is 20.4 Å². The number of hydrogen-bond acceptors (Lipinski definition) is 8. The summed E-state index contributed by atoms with van der Waals surface area (Å²) in [5, 5.41) is 9.20. The molecule has 4 heterocycles. The molecule has 0 atom stereocenters. The van der Waals surface area contributed by atoms with E-state index in [9.17, 15) is 0 Å². The Bertz CT molecular complexity index is 1770. The molecule has 10 nitrogen and oxygen atoms in total. The largest absolute Gasteiger partial charge is 0.494 e. The Morgan fingerprint density at radius 2 is 1.90 bits per heavy atom. The average Bonchev–Trinajstić information content (AvgIpc) is 3.52. The minimum absolute atomic E-state index is 0.466. The highest BCUT2D eigenvalue weighted by atomic mass is 16.5. The van der Waals surface area contributed by atoms with Crippen molar-refractivity contribution in [1.29, 1.82) is 0 Å². The van der Waals surface area contributed by atoms with Crippen LogP contribution >= 0.6 is 0 Å². The van der Waals surface area contributed by atoms with E-state index in [-0.39, 0.29) is 0 Å². The molecule has 0 radical (unpaired) electrons. The number of nitrogens with one attached hydrogen (secondary N) is 1. The second-order valence-corrected chi connectivity index (χ2v) is 11.4. The van der Waals surface area contributed by atoms with Gasteiger partial charge in [0, 0.05) is 80.5 Å². The summed E-state index contributed by atoms with van der Waals surface area (Å²) < 4.78 is 9.99. The van der Waals surface area contributed by atoms with Gasteiger partial charge in [-0.1, -0.05) is 18.2 Å². The van der Waals surface area contributed by atoms with Crippen molar-refractivity contribution in [1.82, 2.24) is 29.2 Å². The van der Waals surface area contributed by atoms with Crippen LogP contribution in [-0.2, 0) is 20.0 Å². The molecule has 1 aliphatic rings. The van der Waals surface area contributed by atoms with Crippen LogP contribution in [0.1, 0.15) is 17.7 Å². The predicted octanol–water partition coefficient (Wildman–Crippen LogP) is 5.09. The van der Waals surface area contributed by atoms with E-state index in [1.807, 2.05) is 50.2 Å². The summed E-state index contributed by atoms with van der Waals surface area (Å²) >= 11 is 0. The molecule has 0 fully saturated rings. The van der Waals surface area contributed by atoms with Gasteiger partial charge in [-0.3, -0.25) is 4.68 Å². The van der Waals surface area contributed by atoms with Gasteiger partial charge in [0.15, 0.2) is 0 Å². The first-order valence-corrected chi connectivity index (χ1v) is 14.3. The summed E-state index contributed by atoms with van der Waals surface area (Å²) in [6.07, 6.45) is 8.38. The molecule has 6 rings (SSSR count). The number of likely N-dealkylation sites (N-methyl/N-ethyl adjacent to an activating group) is 2. The summed E-state index contributed by atoms with van der Waals surface area (Å²) in [5.74, 6) is 1.13. The summed E-state index contributed by atoms with van der Waals surface area (Å²) in [5.41, 5.74) is 16.3. The van der Waals surface area contributed by atoms with Crippen molar-refractivity contribution < 1.29 is 4.74 Å². The first-order chi connectivity index (χ1) is 20.2.